The zero-order valence-electron chi connectivity index (χ0n) is 24.8. The fraction of sp³-hybridized carbons (Fsp3) is 0.229. The summed E-state index contributed by atoms with van der Waals surface area (Å²) in [4.78, 5) is 37.6. The van der Waals surface area contributed by atoms with Crippen molar-refractivity contribution in [3.63, 3.8) is 0 Å². The van der Waals surface area contributed by atoms with Crippen LogP contribution in [0.25, 0.3) is 11.1 Å². The molecule has 0 saturated heterocycles. The first-order valence-corrected chi connectivity index (χ1v) is 15.3. The Hall–Kier alpha value is -4.34. The van der Waals surface area contributed by atoms with Crippen LogP contribution in [-0.4, -0.2) is 30.3 Å². The number of alkyl halides is 3. The molecule has 0 aliphatic carbocycles. The molecule has 4 aromatic rings. The fourth-order valence-electron chi connectivity index (χ4n) is 4.69. The Morgan fingerprint density at radius 3 is 2.09 bits per heavy atom. The maximum absolute atomic E-state index is 13.4. The molecule has 0 spiro atoms. The van der Waals surface area contributed by atoms with Gasteiger partial charge >= 0.3 is 12.1 Å². The number of ketones is 1. The lowest BCUT2D eigenvalue weighted by Crippen LogP contribution is -2.36. The molecular weight excluding hydrogens is 640 g/mol. The molecule has 0 bridgehead atoms. The minimum Gasteiger partial charge on any atom is -0.466 e. The van der Waals surface area contributed by atoms with Gasteiger partial charge in [-0.1, -0.05) is 53.5 Å². The van der Waals surface area contributed by atoms with Gasteiger partial charge in [0.05, 0.1) is 12.2 Å². The minimum absolute atomic E-state index is 0.131. The third-order valence-corrected chi connectivity index (χ3v) is 7.62. The van der Waals surface area contributed by atoms with E-state index in [2.05, 4.69) is 10.6 Å². The number of carbonyl (C=O) groups excluding carboxylic acids is 3. The Morgan fingerprint density at radius 1 is 0.826 bits per heavy atom. The van der Waals surface area contributed by atoms with Crippen molar-refractivity contribution in [2.24, 2.45) is 0 Å². The molecular formula is C35H31Cl2F3N2O4. The van der Waals surface area contributed by atoms with Crippen molar-refractivity contribution in [3.05, 3.63) is 118 Å². The highest BCUT2D eigenvalue weighted by Gasteiger charge is 2.30. The van der Waals surface area contributed by atoms with Crippen molar-refractivity contribution in [3.8, 4) is 11.1 Å². The summed E-state index contributed by atoms with van der Waals surface area (Å²) in [5.41, 5.74) is 2.85. The summed E-state index contributed by atoms with van der Waals surface area (Å²) < 4.78 is 44.0. The smallest absolute Gasteiger partial charge is 0.416 e. The van der Waals surface area contributed by atoms with Crippen molar-refractivity contribution in [2.45, 2.75) is 44.8 Å². The molecule has 6 nitrogen and oxygen atoms in total. The SMILES string of the molecule is CCOC(=O)CCCC(=O)c1ccc(N[C@H](Cc2ccc(-c3ccc(Cl)cc3Cl)cc2)C(=O)Nc2ccc(C(F)(F)F)cc2)cc1. The van der Waals surface area contributed by atoms with Crippen LogP contribution >= 0.6 is 23.2 Å². The van der Waals surface area contributed by atoms with Gasteiger partial charge in [-0.25, -0.2) is 0 Å². The number of benzene rings is 4. The number of rotatable bonds is 13. The molecule has 0 aliphatic heterocycles. The number of amides is 1. The molecule has 46 heavy (non-hydrogen) atoms. The van der Waals surface area contributed by atoms with Crippen molar-refractivity contribution in [1.29, 1.82) is 0 Å². The van der Waals surface area contributed by atoms with E-state index in [1.807, 2.05) is 30.3 Å². The van der Waals surface area contributed by atoms with Crippen LogP contribution in [0.5, 0.6) is 0 Å². The zero-order valence-corrected chi connectivity index (χ0v) is 26.3. The summed E-state index contributed by atoms with van der Waals surface area (Å²) in [6, 6.07) is 22.6. The third-order valence-electron chi connectivity index (χ3n) is 7.07. The van der Waals surface area contributed by atoms with Crippen LogP contribution in [0.2, 0.25) is 10.0 Å². The van der Waals surface area contributed by atoms with E-state index < -0.39 is 23.7 Å². The average molecular weight is 672 g/mol. The quantitative estimate of drug-likeness (QED) is 0.109. The first-order chi connectivity index (χ1) is 21.9. The van der Waals surface area contributed by atoms with Crippen molar-refractivity contribution in [1.82, 2.24) is 0 Å². The molecule has 240 valence electrons. The molecule has 0 radical (unpaired) electrons. The highest BCUT2D eigenvalue weighted by atomic mass is 35.5. The summed E-state index contributed by atoms with van der Waals surface area (Å²) in [5, 5.41) is 6.89. The Labute approximate surface area is 274 Å². The topological polar surface area (TPSA) is 84.5 Å². The minimum atomic E-state index is -4.50. The van der Waals surface area contributed by atoms with Crippen LogP contribution in [0.1, 0.15) is 47.7 Å². The molecule has 4 aromatic carbocycles. The molecule has 4 rings (SSSR count). The number of hydrogen-bond donors (Lipinski definition) is 2. The van der Waals surface area contributed by atoms with Gasteiger partial charge in [0, 0.05) is 51.8 Å². The van der Waals surface area contributed by atoms with Gasteiger partial charge in [-0.2, -0.15) is 13.2 Å². The highest BCUT2D eigenvalue weighted by molar-refractivity contribution is 6.36. The van der Waals surface area contributed by atoms with Crippen LogP contribution in [-0.2, 0) is 26.9 Å². The molecule has 1 atom stereocenters. The molecule has 11 heteroatoms. The van der Waals surface area contributed by atoms with Crippen LogP contribution in [0.15, 0.2) is 91.0 Å². The number of esters is 1. The fourth-order valence-corrected chi connectivity index (χ4v) is 5.20. The van der Waals surface area contributed by atoms with Gasteiger partial charge in [0.15, 0.2) is 5.78 Å². The molecule has 0 unspecified atom stereocenters. The molecule has 0 heterocycles. The number of anilines is 2. The van der Waals surface area contributed by atoms with Crippen molar-refractivity contribution in [2.75, 3.05) is 17.2 Å². The number of nitrogens with one attached hydrogen (secondary N) is 2. The number of carbonyl (C=O) groups is 3. The molecule has 2 N–H and O–H groups in total. The van der Waals surface area contributed by atoms with Gasteiger partial charge in [0.1, 0.15) is 6.04 Å². The third kappa shape index (κ3) is 9.83. The summed E-state index contributed by atoms with van der Waals surface area (Å²) in [6.45, 7) is 2.00. The largest absolute Gasteiger partial charge is 0.466 e. The van der Waals surface area contributed by atoms with Crippen LogP contribution < -0.4 is 10.6 Å². The highest BCUT2D eigenvalue weighted by Crippen LogP contribution is 2.31. The van der Waals surface area contributed by atoms with Gasteiger partial charge in [-0.15, -0.1) is 0 Å². The van der Waals surface area contributed by atoms with E-state index in [-0.39, 0.29) is 43.3 Å². The number of hydrogen-bond acceptors (Lipinski definition) is 5. The Bertz CT molecular complexity index is 1660. The van der Waals surface area contributed by atoms with E-state index in [0.717, 1.165) is 28.8 Å². The first kappa shape index (κ1) is 34.5. The molecule has 0 aromatic heterocycles. The zero-order chi connectivity index (χ0) is 33.3. The van der Waals surface area contributed by atoms with E-state index in [1.54, 1.807) is 43.3 Å². The van der Waals surface area contributed by atoms with Gasteiger partial charge < -0.3 is 15.4 Å². The second-order valence-corrected chi connectivity index (χ2v) is 11.3. The second-order valence-electron chi connectivity index (χ2n) is 10.4. The number of ether oxygens (including phenoxy) is 1. The first-order valence-electron chi connectivity index (χ1n) is 14.5. The molecule has 0 fully saturated rings. The predicted octanol–water partition coefficient (Wildman–Crippen LogP) is 9.26. The van der Waals surface area contributed by atoms with Crippen molar-refractivity contribution >= 4 is 52.2 Å². The lowest BCUT2D eigenvalue weighted by Gasteiger charge is -2.20. The Kier molecular flexibility index (Phi) is 11.8. The standard InChI is InChI=1S/C35H31Cl2F3N2O4/c1-2-46-33(44)5-3-4-32(43)24-10-15-27(16-11-24)41-31(34(45)42-28-17-12-25(13-18-28)35(38,39)40)20-22-6-8-23(9-7-22)29-19-14-26(36)21-30(29)37/h6-19,21,31,41H,2-5,20H2,1H3,(H,42,45)/t31-/m1/s1. The molecule has 0 aliphatic rings. The maximum atomic E-state index is 13.4. The molecule has 1 amide bonds. The van der Waals surface area contributed by atoms with E-state index in [1.165, 1.54) is 12.1 Å². The summed E-state index contributed by atoms with van der Waals surface area (Å²) in [5.74, 6) is -0.948. The van der Waals surface area contributed by atoms with Gasteiger partial charge in [-0.3, -0.25) is 14.4 Å². The van der Waals surface area contributed by atoms with E-state index in [9.17, 15) is 27.6 Å². The van der Waals surface area contributed by atoms with Crippen LogP contribution in [0, 0.1) is 0 Å². The van der Waals surface area contributed by atoms with Gasteiger partial charge in [-0.05, 0) is 85.1 Å². The molecule has 0 saturated carbocycles. The lowest BCUT2D eigenvalue weighted by molar-refractivity contribution is -0.143. The predicted molar refractivity (Wildman–Crippen MR) is 174 cm³/mol. The van der Waals surface area contributed by atoms with E-state index in [0.29, 0.717) is 27.7 Å². The Morgan fingerprint density at radius 2 is 1.48 bits per heavy atom. The van der Waals surface area contributed by atoms with Crippen LogP contribution in [0.3, 0.4) is 0 Å². The monoisotopic (exact) mass is 670 g/mol. The van der Waals surface area contributed by atoms with Crippen molar-refractivity contribution < 1.29 is 32.3 Å². The van der Waals surface area contributed by atoms with E-state index >= 15 is 0 Å². The summed E-state index contributed by atoms with van der Waals surface area (Å²) >= 11 is 12.4. The van der Waals surface area contributed by atoms with Gasteiger partial charge in [0.2, 0.25) is 5.91 Å². The number of halogens is 5. The normalized spacial score (nSPS) is 11.9. The average Bonchev–Trinajstić information content (AvgIpc) is 3.01. The second kappa shape index (κ2) is 15.8. The van der Waals surface area contributed by atoms with Gasteiger partial charge in [0.25, 0.3) is 0 Å². The maximum Gasteiger partial charge on any atom is 0.416 e. The summed E-state index contributed by atoms with van der Waals surface area (Å²) in [6.07, 6.45) is -3.56. The summed E-state index contributed by atoms with van der Waals surface area (Å²) in [7, 11) is 0. The van der Waals surface area contributed by atoms with E-state index in [4.69, 9.17) is 27.9 Å². The number of Topliss-reactive ketones (excluding diaryl/α,β-unsaturated/α-hetero) is 1. The van der Waals surface area contributed by atoms with Crippen LogP contribution in [0.4, 0.5) is 24.5 Å². The Balaban J connectivity index is 1.49. The lowest BCUT2D eigenvalue weighted by atomic mass is 9.99.